The average Bonchev–Trinajstić information content (AvgIpc) is 3.32. The number of nitrogens with one attached hydrogen (secondary N) is 1. The SMILES string of the molecule is Cc1nn(Cc2ccccc2Cl)c(C)c1/C=C/C(=O)Nc1cc(-n2nnnc2C)ccc1F. The lowest BCUT2D eigenvalue weighted by molar-refractivity contribution is -0.111. The number of carbonyl (C=O) groups is 1. The second-order valence-electron chi connectivity index (χ2n) is 7.46. The van der Waals surface area contributed by atoms with Gasteiger partial charge in [-0.05, 0) is 67.1 Å². The first kappa shape index (κ1) is 22.3. The minimum absolute atomic E-state index is 0.0277. The predicted molar refractivity (Wildman–Crippen MR) is 124 cm³/mol. The van der Waals surface area contributed by atoms with Gasteiger partial charge >= 0.3 is 0 Å². The van der Waals surface area contributed by atoms with Crippen LogP contribution < -0.4 is 5.32 Å². The Bertz CT molecular complexity index is 1360. The third kappa shape index (κ3) is 4.83. The van der Waals surface area contributed by atoms with E-state index in [0.29, 0.717) is 23.1 Å². The van der Waals surface area contributed by atoms with Gasteiger partial charge < -0.3 is 5.32 Å². The summed E-state index contributed by atoms with van der Waals surface area (Å²) in [6.45, 7) is 6.03. The maximum Gasteiger partial charge on any atom is 0.248 e. The lowest BCUT2D eigenvalue weighted by Crippen LogP contribution is -2.10. The minimum atomic E-state index is -0.564. The molecule has 33 heavy (non-hydrogen) atoms. The zero-order valence-corrected chi connectivity index (χ0v) is 19.0. The molecule has 0 bridgehead atoms. The molecule has 2 heterocycles. The molecule has 4 rings (SSSR count). The zero-order valence-electron chi connectivity index (χ0n) is 18.3. The van der Waals surface area contributed by atoms with Crippen LogP contribution in [0.1, 0.15) is 28.3 Å². The quantitative estimate of drug-likeness (QED) is 0.429. The van der Waals surface area contributed by atoms with Crippen LogP contribution in [0.4, 0.5) is 10.1 Å². The van der Waals surface area contributed by atoms with Crippen molar-refractivity contribution < 1.29 is 9.18 Å². The van der Waals surface area contributed by atoms with E-state index in [9.17, 15) is 9.18 Å². The molecular formula is C23H21ClFN7O. The highest BCUT2D eigenvalue weighted by atomic mass is 35.5. The number of hydrogen-bond donors (Lipinski definition) is 1. The maximum atomic E-state index is 14.3. The highest BCUT2D eigenvalue weighted by Crippen LogP contribution is 2.21. The molecule has 10 heteroatoms. The van der Waals surface area contributed by atoms with Gasteiger partial charge in [0.2, 0.25) is 5.91 Å². The number of halogens is 2. The van der Waals surface area contributed by atoms with Crippen LogP contribution in [0.3, 0.4) is 0 Å². The smallest absolute Gasteiger partial charge is 0.248 e. The van der Waals surface area contributed by atoms with Crippen LogP contribution in [0.15, 0.2) is 48.5 Å². The molecule has 8 nitrogen and oxygen atoms in total. The number of benzene rings is 2. The number of nitrogens with zero attached hydrogens (tertiary/aromatic N) is 6. The fourth-order valence-corrected chi connectivity index (χ4v) is 3.63. The Kier molecular flexibility index (Phi) is 6.32. The number of anilines is 1. The Morgan fingerprint density at radius 2 is 1.97 bits per heavy atom. The van der Waals surface area contributed by atoms with Gasteiger partial charge in [0.1, 0.15) is 5.82 Å². The van der Waals surface area contributed by atoms with E-state index < -0.39 is 11.7 Å². The molecule has 0 atom stereocenters. The Hall–Kier alpha value is -3.85. The first-order valence-electron chi connectivity index (χ1n) is 10.1. The van der Waals surface area contributed by atoms with Crippen molar-refractivity contribution in [2.75, 3.05) is 5.32 Å². The van der Waals surface area contributed by atoms with Crippen molar-refractivity contribution in [1.29, 1.82) is 0 Å². The molecule has 0 saturated carbocycles. The topological polar surface area (TPSA) is 90.5 Å². The summed E-state index contributed by atoms with van der Waals surface area (Å²) in [6, 6.07) is 11.8. The lowest BCUT2D eigenvalue weighted by Gasteiger charge is -2.08. The number of rotatable bonds is 6. The maximum absolute atomic E-state index is 14.3. The van der Waals surface area contributed by atoms with Crippen molar-refractivity contribution in [3.8, 4) is 5.69 Å². The first-order chi connectivity index (χ1) is 15.8. The van der Waals surface area contributed by atoms with Crippen LogP contribution in [0.2, 0.25) is 5.02 Å². The fourth-order valence-electron chi connectivity index (χ4n) is 3.44. The Balaban J connectivity index is 1.51. The van der Waals surface area contributed by atoms with E-state index in [1.165, 1.54) is 29.0 Å². The van der Waals surface area contributed by atoms with Gasteiger partial charge in [0, 0.05) is 22.4 Å². The third-order valence-electron chi connectivity index (χ3n) is 5.19. The van der Waals surface area contributed by atoms with Crippen LogP contribution in [0, 0.1) is 26.6 Å². The van der Waals surface area contributed by atoms with E-state index in [-0.39, 0.29) is 5.69 Å². The summed E-state index contributed by atoms with van der Waals surface area (Å²) in [5.74, 6) is -0.498. The molecule has 0 radical (unpaired) electrons. The van der Waals surface area contributed by atoms with E-state index >= 15 is 0 Å². The van der Waals surface area contributed by atoms with Gasteiger partial charge in [-0.3, -0.25) is 9.48 Å². The monoisotopic (exact) mass is 465 g/mol. The molecule has 1 amide bonds. The van der Waals surface area contributed by atoms with Gasteiger partial charge in [-0.1, -0.05) is 29.8 Å². The number of hydrogen-bond acceptors (Lipinski definition) is 5. The zero-order chi connectivity index (χ0) is 23.5. The number of tetrazole rings is 1. The number of carbonyl (C=O) groups excluding carboxylic acids is 1. The van der Waals surface area contributed by atoms with Crippen molar-refractivity contribution in [2.45, 2.75) is 27.3 Å². The van der Waals surface area contributed by atoms with E-state index in [1.54, 1.807) is 13.0 Å². The van der Waals surface area contributed by atoms with Crippen molar-refractivity contribution in [3.05, 3.63) is 87.7 Å². The van der Waals surface area contributed by atoms with Crippen LogP contribution >= 0.6 is 11.6 Å². The van der Waals surface area contributed by atoms with Crippen LogP contribution in [0.5, 0.6) is 0 Å². The predicted octanol–water partition coefficient (Wildman–Crippen LogP) is 4.28. The van der Waals surface area contributed by atoms with Crippen molar-refractivity contribution in [3.63, 3.8) is 0 Å². The highest BCUT2D eigenvalue weighted by Gasteiger charge is 2.13. The second kappa shape index (κ2) is 9.33. The summed E-state index contributed by atoms with van der Waals surface area (Å²) >= 11 is 6.27. The molecule has 2 aromatic carbocycles. The van der Waals surface area contributed by atoms with Gasteiger partial charge in [-0.15, -0.1) is 5.10 Å². The second-order valence-corrected chi connectivity index (χ2v) is 7.87. The van der Waals surface area contributed by atoms with Gasteiger partial charge in [-0.2, -0.15) is 9.78 Å². The van der Waals surface area contributed by atoms with Gasteiger partial charge in [0.15, 0.2) is 5.82 Å². The molecule has 0 unspecified atom stereocenters. The summed E-state index contributed by atoms with van der Waals surface area (Å²) in [6.07, 6.45) is 3.02. The Labute approximate surface area is 194 Å². The molecule has 2 aromatic heterocycles. The largest absolute Gasteiger partial charge is 0.320 e. The molecule has 0 spiro atoms. The highest BCUT2D eigenvalue weighted by molar-refractivity contribution is 6.31. The molecule has 4 aromatic rings. The summed E-state index contributed by atoms with van der Waals surface area (Å²) in [5.41, 5.74) is 3.98. The van der Waals surface area contributed by atoms with Crippen LogP contribution in [-0.2, 0) is 11.3 Å². The first-order valence-corrected chi connectivity index (χ1v) is 10.5. The molecule has 0 saturated heterocycles. The van der Waals surface area contributed by atoms with Gasteiger partial charge in [0.05, 0.1) is 23.6 Å². The van der Waals surface area contributed by atoms with Crippen molar-refractivity contribution in [1.82, 2.24) is 30.0 Å². The van der Waals surface area contributed by atoms with E-state index in [4.69, 9.17) is 11.6 Å². The molecular weight excluding hydrogens is 445 g/mol. The van der Waals surface area contributed by atoms with Gasteiger partial charge in [0.25, 0.3) is 0 Å². The number of aryl methyl sites for hydroxylation is 2. The molecule has 0 aliphatic carbocycles. The Morgan fingerprint density at radius 1 is 1.18 bits per heavy atom. The minimum Gasteiger partial charge on any atom is -0.320 e. The standard InChI is InChI=1S/C23H21ClFN7O/c1-14-19(15(2)31(28-14)13-17-6-4-5-7-20(17)24)9-11-23(33)26-22-12-18(8-10-21(22)25)32-16(3)27-29-30-32/h4-12H,13H2,1-3H3,(H,26,33)/b11-9+. The van der Waals surface area contributed by atoms with Crippen LogP contribution in [-0.4, -0.2) is 35.9 Å². The molecule has 0 aliphatic heterocycles. The van der Waals surface area contributed by atoms with Gasteiger partial charge in [-0.25, -0.2) is 4.39 Å². The fraction of sp³-hybridized carbons (Fsp3) is 0.174. The molecule has 1 N–H and O–H groups in total. The summed E-state index contributed by atoms with van der Waals surface area (Å²) in [4.78, 5) is 12.5. The number of amides is 1. The van der Waals surface area contributed by atoms with E-state index in [2.05, 4.69) is 25.9 Å². The Morgan fingerprint density at radius 3 is 2.70 bits per heavy atom. The normalized spacial score (nSPS) is 11.3. The summed E-state index contributed by atoms with van der Waals surface area (Å²) in [7, 11) is 0. The summed E-state index contributed by atoms with van der Waals surface area (Å²) < 4.78 is 17.6. The third-order valence-corrected chi connectivity index (χ3v) is 5.56. The lowest BCUT2D eigenvalue weighted by atomic mass is 10.1. The summed E-state index contributed by atoms with van der Waals surface area (Å²) in [5, 5.41) is 19.1. The molecule has 0 fully saturated rings. The molecule has 0 aliphatic rings. The molecule has 168 valence electrons. The van der Waals surface area contributed by atoms with E-state index in [0.717, 1.165) is 22.5 Å². The van der Waals surface area contributed by atoms with Crippen molar-refractivity contribution in [2.24, 2.45) is 0 Å². The average molecular weight is 466 g/mol. The number of aromatic nitrogens is 6. The van der Waals surface area contributed by atoms with E-state index in [1.807, 2.05) is 42.8 Å². The van der Waals surface area contributed by atoms with Crippen molar-refractivity contribution >= 4 is 29.3 Å². The van der Waals surface area contributed by atoms with Crippen LogP contribution in [0.25, 0.3) is 11.8 Å².